The van der Waals surface area contributed by atoms with Crippen LogP contribution >= 0.6 is 0 Å². The van der Waals surface area contributed by atoms with Crippen molar-refractivity contribution in [1.29, 1.82) is 0 Å². The standard InChI is InChI=1S/C23H30O6/c1-7-8-14(11-16(24)27-6)17-21-15(9-10-23(4,5)29-21)20(26)18-19(25)12(2)13(3)28-22(17)18/h9-10,12-14,26H,7-8,11H2,1-6H3/t12-,13-,14?/m1/s1. The molecule has 158 valence electrons. The number of fused-ring (bicyclic) bond motifs is 2. The summed E-state index contributed by atoms with van der Waals surface area (Å²) in [7, 11) is 1.36. The number of hydrogen-bond acceptors (Lipinski definition) is 6. The molecule has 1 N–H and O–H groups in total. The second-order valence-corrected chi connectivity index (χ2v) is 8.49. The van der Waals surface area contributed by atoms with Gasteiger partial charge < -0.3 is 19.3 Å². The Hall–Kier alpha value is -2.50. The Labute approximate surface area is 171 Å². The maximum atomic E-state index is 13.1. The van der Waals surface area contributed by atoms with Crippen molar-refractivity contribution >= 4 is 17.8 Å². The monoisotopic (exact) mass is 402 g/mol. The van der Waals surface area contributed by atoms with E-state index in [1.807, 2.05) is 33.8 Å². The van der Waals surface area contributed by atoms with Crippen molar-refractivity contribution in [2.24, 2.45) is 5.92 Å². The van der Waals surface area contributed by atoms with Crippen LogP contribution < -0.4 is 9.47 Å². The van der Waals surface area contributed by atoms with Gasteiger partial charge in [0.15, 0.2) is 5.78 Å². The lowest BCUT2D eigenvalue weighted by Gasteiger charge is -2.37. The lowest BCUT2D eigenvalue weighted by molar-refractivity contribution is -0.141. The average Bonchev–Trinajstić information content (AvgIpc) is 2.65. The van der Waals surface area contributed by atoms with Crippen molar-refractivity contribution in [3.8, 4) is 17.2 Å². The molecule has 2 aliphatic heterocycles. The van der Waals surface area contributed by atoms with E-state index in [0.717, 1.165) is 6.42 Å². The second-order valence-electron chi connectivity index (χ2n) is 8.49. The Balaban J connectivity index is 2.32. The first kappa shape index (κ1) is 21.2. The first-order valence-corrected chi connectivity index (χ1v) is 10.2. The van der Waals surface area contributed by atoms with Crippen molar-refractivity contribution < 1.29 is 28.9 Å². The van der Waals surface area contributed by atoms with E-state index in [2.05, 4.69) is 0 Å². The summed E-state index contributed by atoms with van der Waals surface area (Å²) in [5.41, 5.74) is 0.720. The summed E-state index contributed by atoms with van der Waals surface area (Å²) >= 11 is 0. The van der Waals surface area contributed by atoms with E-state index in [1.54, 1.807) is 13.0 Å². The van der Waals surface area contributed by atoms with Crippen LogP contribution in [-0.4, -0.2) is 35.7 Å². The highest BCUT2D eigenvalue weighted by molar-refractivity contribution is 6.06. The fraction of sp³-hybridized carbons (Fsp3) is 0.565. The summed E-state index contributed by atoms with van der Waals surface area (Å²) < 4.78 is 17.3. The molecule has 1 aromatic carbocycles. The quantitative estimate of drug-likeness (QED) is 0.724. The zero-order valence-corrected chi connectivity index (χ0v) is 18.0. The van der Waals surface area contributed by atoms with Crippen molar-refractivity contribution in [3.05, 3.63) is 22.8 Å². The number of ketones is 1. The van der Waals surface area contributed by atoms with Gasteiger partial charge in [-0.1, -0.05) is 20.3 Å². The van der Waals surface area contributed by atoms with Gasteiger partial charge in [-0.3, -0.25) is 9.59 Å². The molecular weight excluding hydrogens is 372 g/mol. The molecule has 2 aliphatic rings. The largest absolute Gasteiger partial charge is 0.506 e. The third kappa shape index (κ3) is 3.72. The first-order chi connectivity index (χ1) is 13.6. The number of phenols is 1. The zero-order valence-electron chi connectivity index (χ0n) is 18.0. The van der Waals surface area contributed by atoms with Crippen molar-refractivity contribution in [2.45, 2.75) is 71.5 Å². The summed E-state index contributed by atoms with van der Waals surface area (Å²) in [6.07, 6.45) is 4.94. The minimum Gasteiger partial charge on any atom is -0.506 e. The molecule has 0 fully saturated rings. The smallest absolute Gasteiger partial charge is 0.306 e. The number of aromatic hydroxyl groups is 1. The molecule has 0 saturated carbocycles. The number of rotatable bonds is 5. The van der Waals surface area contributed by atoms with Crippen LogP contribution in [0.4, 0.5) is 0 Å². The third-order valence-electron chi connectivity index (χ3n) is 5.82. The van der Waals surface area contributed by atoms with Gasteiger partial charge >= 0.3 is 5.97 Å². The van der Waals surface area contributed by atoms with E-state index >= 15 is 0 Å². The average molecular weight is 402 g/mol. The Kier molecular flexibility index (Phi) is 5.65. The van der Waals surface area contributed by atoms with Crippen molar-refractivity contribution in [2.75, 3.05) is 7.11 Å². The van der Waals surface area contributed by atoms with E-state index in [4.69, 9.17) is 14.2 Å². The van der Waals surface area contributed by atoms with Gasteiger partial charge in [-0.25, -0.2) is 0 Å². The van der Waals surface area contributed by atoms with Gasteiger partial charge in [-0.2, -0.15) is 0 Å². The topological polar surface area (TPSA) is 82.1 Å². The third-order valence-corrected chi connectivity index (χ3v) is 5.82. The highest BCUT2D eigenvalue weighted by atomic mass is 16.5. The van der Waals surface area contributed by atoms with Crippen LogP contribution in [-0.2, 0) is 9.53 Å². The molecule has 3 rings (SSSR count). The Morgan fingerprint density at radius 2 is 2.00 bits per heavy atom. The van der Waals surface area contributed by atoms with Crippen LogP contribution in [0.5, 0.6) is 17.2 Å². The molecule has 1 aromatic rings. The van der Waals surface area contributed by atoms with Crippen LogP contribution in [0, 0.1) is 5.92 Å². The number of methoxy groups -OCH3 is 1. The summed E-state index contributed by atoms with van der Waals surface area (Å²) in [5.74, 6) is -0.445. The van der Waals surface area contributed by atoms with Crippen molar-refractivity contribution in [1.82, 2.24) is 0 Å². The Morgan fingerprint density at radius 1 is 1.31 bits per heavy atom. The molecule has 0 saturated heterocycles. The van der Waals surface area contributed by atoms with Crippen LogP contribution in [0.1, 0.15) is 81.3 Å². The molecule has 0 amide bonds. The van der Waals surface area contributed by atoms with Gasteiger partial charge in [0, 0.05) is 11.5 Å². The molecule has 3 atom stereocenters. The van der Waals surface area contributed by atoms with Crippen LogP contribution in [0.25, 0.3) is 6.08 Å². The molecule has 0 bridgehead atoms. The molecule has 0 spiro atoms. The second kappa shape index (κ2) is 7.73. The predicted molar refractivity (Wildman–Crippen MR) is 110 cm³/mol. The zero-order chi connectivity index (χ0) is 21.5. The minimum atomic E-state index is -0.595. The SMILES string of the molecule is CCCC(CC(=O)OC)c1c2c(c(O)c3c1O[C@H](C)[C@@H](C)C3=O)C=CC(C)(C)O2. The predicted octanol–water partition coefficient (Wildman–Crippen LogP) is 4.62. The lowest BCUT2D eigenvalue weighted by atomic mass is 9.81. The number of benzene rings is 1. The Bertz CT molecular complexity index is 867. The molecule has 6 nitrogen and oxygen atoms in total. The summed E-state index contributed by atoms with van der Waals surface area (Å²) in [5, 5.41) is 11.0. The van der Waals surface area contributed by atoms with Gasteiger partial charge in [-0.05, 0) is 39.3 Å². The van der Waals surface area contributed by atoms with Gasteiger partial charge in [0.1, 0.15) is 34.5 Å². The molecule has 2 heterocycles. The molecular formula is C23H30O6. The fourth-order valence-corrected chi connectivity index (χ4v) is 4.01. The first-order valence-electron chi connectivity index (χ1n) is 10.2. The number of carbonyl (C=O) groups is 2. The molecule has 6 heteroatoms. The Morgan fingerprint density at radius 3 is 2.62 bits per heavy atom. The highest BCUT2D eigenvalue weighted by Gasteiger charge is 2.42. The van der Waals surface area contributed by atoms with E-state index in [1.165, 1.54) is 7.11 Å². The maximum Gasteiger partial charge on any atom is 0.306 e. The number of Topliss-reactive ketones (excluding diaryl/α,β-unsaturated/α-hetero) is 1. The van der Waals surface area contributed by atoms with Crippen LogP contribution in [0.3, 0.4) is 0 Å². The van der Waals surface area contributed by atoms with E-state index in [9.17, 15) is 14.7 Å². The highest BCUT2D eigenvalue weighted by Crippen LogP contribution is 2.53. The lowest BCUT2D eigenvalue weighted by Crippen LogP contribution is -2.36. The minimum absolute atomic E-state index is 0.123. The van der Waals surface area contributed by atoms with Crippen molar-refractivity contribution in [3.63, 3.8) is 0 Å². The molecule has 0 radical (unpaired) electrons. The fourth-order valence-electron chi connectivity index (χ4n) is 4.01. The van der Waals surface area contributed by atoms with E-state index in [-0.39, 0.29) is 47.4 Å². The normalized spacial score (nSPS) is 22.8. The number of carbonyl (C=O) groups excluding carboxylic acids is 2. The summed E-state index contributed by atoms with van der Waals surface area (Å²) in [6, 6.07) is 0. The van der Waals surface area contributed by atoms with Gasteiger partial charge in [0.25, 0.3) is 0 Å². The summed E-state index contributed by atoms with van der Waals surface area (Å²) in [4.78, 5) is 25.2. The van der Waals surface area contributed by atoms with Crippen LogP contribution in [0.15, 0.2) is 6.08 Å². The number of esters is 1. The molecule has 0 aliphatic carbocycles. The molecule has 0 aromatic heterocycles. The number of ether oxygens (including phenoxy) is 3. The molecule has 29 heavy (non-hydrogen) atoms. The van der Waals surface area contributed by atoms with Gasteiger partial charge in [0.05, 0.1) is 25.0 Å². The van der Waals surface area contributed by atoms with Gasteiger partial charge in [-0.15, -0.1) is 0 Å². The number of phenolic OH excluding ortho intramolecular Hbond substituents is 1. The summed E-state index contributed by atoms with van der Waals surface area (Å²) in [6.45, 7) is 9.50. The molecule has 1 unspecified atom stereocenters. The van der Waals surface area contributed by atoms with E-state index < -0.39 is 5.60 Å². The van der Waals surface area contributed by atoms with E-state index in [0.29, 0.717) is 29.0 Å². The van der Waals surface area contributed by atoms with Crippen LogP contribution in [0.2, 0.25) is 0 Å². The number of hydrogen-bond donors (Lipinski definition) is 1. The maximum absolute atomic E-state index is 13.1. The van der Waals surface area contributed by atoms with Gasteiger partial charge in [0.2, 0.25) is 0 Å².